The lowest BCUT2D eigenvalue weighted by atomic mass is 9.96. The molecule has 0 aliphatic heterocycles. The Hall–Kier alpha value is -2.74. The van der Waals surface area contributed by atoms with Gasteiger partial charge in [-0.15, -0.1) is 23.7 Å². The minimum atomic E-state index is 0. The van der Waals surface area contributed by atoms with Crippen LogP contribution in [0.25, 0.3) is 10.2 Å². The van der Waals surface area contributed by atoms with Crippen molar-refractivity contribution in [1.82, 2.24) is 15.0 Å². The molecular weight excluding hydrogens is 455 g/mol. The number of hydrogen-bond donors (Lipinski definition) is 1. The number of anilines is 2. The first-order valence-corrected chi connectivity index (χ1v) is 10.7. The number of aryl methyl sites for hydroxylation is 1. The standard InChI is InChI=1S/C22H17ClN4O2S.ClH/c23-17-9-13(4-7-18(17)29-11-14-3-1-2-8-24-14)27-21-20-16-6-5-15(28)10-19(16)30-22(20)26-12-25-21;/h1-4,7-9,12H,5-6,10-11H2,(H,25,26,27);1H. The number of fused-ring (bicyclic) bond motifs is 3. The Morgan fingerprint density at radius 2 is 2.03 bits per heavy atom. The molecule has 3 heterocycles. The van der Waals surface area contributed by atoms with Crippen molar-refractivity contribution in [3.8, 4) is 5.75 Å². The van der Waals surface area contributed by atoms with E-state index in [0.29, 0.717) is 30.2 Å². The number of hydrogen-bond acceptors (Lipinski definition) is 7. The van der Waals surface area contributed by atoms with Gasteiger partial charge in [-0.05, 0) is 42.3 Å². The molecule has 0 unspecified atom stereocenters. The van der Waals surface area contributed by atoms with Crippen molar-refractivity contribution < 1.29 is 9.53 Å². The summed E-state index contributed by atoms with van der Waals surface area (Å²) in [6.45, 7) is 0.347. The number of rotatable bonds is 5. The second-order valence-corrected chi connectivity index (χ2v) is 8.49. The first-order chi connectivity index (χ1) is 14.7. The van der Waals surface area contributed by atoms with Gasteiger partial charge in [0.1, 0.15) is 35.1 Å². The Labute approximate surface area is 194 Å². The van der Waals surface area contributed by atoms with Gasteiger partial charge in [-0.1, -0.05) is 17.7 Å². The van der Waals surface area contributed by atoms with Crippen molar-refractivity contribution in [2.45, 2.75) is 25.9 Å². The predicted molar refractivity (Wildman–Crippen MR) is 125 cm³/mol. The lowest BCUT2D eigenvalue weighted by Crippen LogP contribution is -2.11. The molecule has 0 fully saturated rings. The van der Waals surface area contributed by atoms with Gasteiger partial charge in [0.05, 0.1) is 16.1 Å². The molecule has 0 radical (unpaired) electrons. The summed E-state index contributed by atoms with van der Waals surface area (Å²) in [6.07, 6.45) is 5.07. The van der Waals surface area contributed by atoms with Crippen LogP contribution in [-0.2, 0) is 24.2 Å². The Morgan fingerprint density at radius 1 is 1.13 bits per heavy atom. The third-order valence-corrected chi connectivity index (χ3v) is 6.41. The maximum atomic E-state index is 11.8. The number of carbonyl (C=O) groups is 1. The number of nitrogens with zero attached hydrogens (tertiary/aromatic N) is 3. The fraction of sp³-hybridized carbons (Fsp3) is 0.182. The third-order valence-electron chi connectivity index (χ3n) is 4.98. The van der Waals surface area contributed by atoms with Gasteiger partial charge in [-0.2, -0.15) is 0 Å². The number of Topliss-reactive ketones (excluding diaryl/α,β-unsaturated/α-hetero) is 1. The number of pyridine rings is 1. The van der Waals surface area contributed by atoms with Crippen molar-refractivity contribution >= 4 is 62.8 Å². The molecule has 5 rings (SSSR count). The van der Waals surface area contributed by atoms with Crippen LogP contribution >= 0.6 is 35.3 Å². The summed E-state index contributed by atoms with van der Waals surface area (Å²) in [4.78, 5) is 26.9. The Balaban J connectivity index is 0.00000231. The van der Waals surface area contributed by atoms with E-state index in [0.717, 1.165) is 38.7 Å². The van der Waals surface area contributed by atoms with Gasteiger partial charge in [0.15, 0.2) is 0 Å². The zero-order chi connectivity index (χ0) is 20.5. The highest BCUT2D eigenvalue weighted by atomic mass is 35.5. The number of benzene rings is 1. The minimum Gasteiger partial charge on any atom is -0.486 e. The van der Waals surface area contributed by atoms with Crippen LogP contribution < -0.4 is 10.1 Å². The second-order valence-electron chi connectivity index (χ2n) is 7.00. The normalized spacial score (nSPS) is 12.9. The molecule has 1 aliphatic rings. The van der Waals surface area contributed by atoms with Crippen LogP contribution in [0.15, 0.2) is 48.9 Å². The number of aromatic nitrogens is 3. The lowest BCUT2D eigenvalue weighted by molar-refractivity contribution is -0.118. The molecular formula is C22H18Cl2N4O2S. The highest BCUT2D eigenvalue weighted by Crippen LogP contribution is 2.38. The number of halogens is 2. The number of ketones is 1. The highest BCUT2D eigenvalue weighted by Gasteiger charge is 2.23. The molecule has 4 aromatic rings. The first-order valence-electron chi connectivity index (χ1n) is 9.53. The molecule has 31 heavy (non-hydrogen) atoms. The van der Waals surface area contributed by atoms with E-state index in [2.05, 4.69) is 20.3 Å². The summed E-state index contributed by atoms with van der Waals surface area (Å²) in [5.74, 6) is 1.60. The fourth-order valence-electron chi connectivity index (χ4n) is 3.54. The van der Waals surface area contributed by atoms with Crippen LogP contribution in [0.1, 0.15) is 22.6 Å². The maximum Gasteiger partial charge on any atom is 0.142 e. The average molecular weight is 473 g/mol. The Bertz CT molecular complexity index is 1250. The van der Waals surface area contributed by atoms with E-state index in [-0.39, 0.29) is 18.2 Å². The van der Waals surface area contributed by atoms with Crippen molar-refractivity contribution in [1.29, 1.82) is 0 Å². The van der Waals surface area contributed by atoms with Gasteiger partial charge in [0, 0.05) is 29.6 Å². The minimum absolute atomic E-state index is 0. The van der Waals surface area contributed by atoms with E-state index in [1.807, 2.05) is 36.4 Å². The van der Waals surface area contributed by atoms with Crippen LogP contribution in [0.5, 0.6) is 5.75 Å². The molecule has 158 valence electrons. The van der Waals surface area contributed by atoms with Crippen molar-refractivity contribution in [2.75, 3.05) is 5.32 Å². The largest absolute Gasteiger partial charge is 0.486 e. The summed E-state index contributed by atoms with van der Waals surface area (Å²) in [6, 6.07) is 11.2. The summed E-state index contributed by atoms with van der Waals surface area (Å²) in [5.41, 5.74) is 2.82. The van der Waals surface area contributed by atoms with Gasteiger partial charge in [0.25, 0.3) is 0 Å². The van der Waals surface area contributed by atoms with E-state index in [4.69, 9.17) is 16.3 Å². The van der Waals surface area contributed by atoms with Gasteiger partial charge in [-0.3, -0.25) is 9.78 Å². The van der Waals surface area contributed by atoms with Crippen molar-refractivity contribution in [2.24, 2.45) is 0 Å². The number of nitrogens with one attached hydrogen (secondary N) is 1. The number of thiophene rings is 1. The summed E-state index contributed by atoms with van der Waals surface area (Å²) < 4.78 is 5.79. The SMILES string of the molecule is Cl.O=C1CCc2c(sc3ncnc(Nc4ccc(OCc5ccccn5)c(Cl)c4)c23)C1. The maximum absolute atomic E-state index is 11.8. The monoisotopic (exact) mass is 472 g/mol. The van der Waals surface area contributed by atoms with Crippen LogP contribution in [0, 0.1) is 0 Å². The summed E-state index contributed by atoms with van der Waals surface area (Å²) in [5, 5.41) is 4.85. The molecule has 3 aromatic heterocycles. The van der Waals surface area contributed by atoms with Crippen LogP contribution in [0.4, 0.5) is 11.5 Å². The molecule has 0 saturated heterocycles. The zero-order valence-corrected chi connectivity index (χ0v) is 18.7. The molecule has 1 N–H and O–H groups in total. The molecule has 6 nitrogen and oxygen atoms in total. The van der Waals surface area contributed by atoms with Crippen LogP contribution in [-0.4, -0.2) is 20.7 Å². The van der Waals surface area contributed by atoms with Crippen LogP contribution in [0.2, 0.25) is 5.02 Å². The quantitative estimate of drug-likeness (QED) is 0.410. The topological polar surface area (TPSA) is 77.0 Å². The van der Waals surface area contributed by atoms with E-state index >= 15 is 0 Å². The fourth-order valence-corrected chi connectivity index (χ4v) is 4.99. The number of carbonyl (C=O) groups excluding carboxylic acids is 1. The molecule has 1 aliphatic carbocycles. The van der Waals surface area contributed by atoms with Crippen molar-refractivity contribution in [3.63, 3.8) is 0 Å². The molecule has 0 saturated carbocycles. The van der Waals surface area contributed by atoms with E-state index < -0.39 is 0 Å². The van der Waals surface area contributed by atoms with Gasteiger partial charge >= 0.3 is 0 Å². The third kappa shape index (κ3) is 4.49. The molecule has 9 heteroatoms. The average Bonchev–Trinajstić information content (AvgIpc) is 3.12. The summed E-state index contributed by atoms with van der Waals surface area (Å²) >= 11 is 8.01. The molecule has 0 bridgehead atoms. The molecule has 0 amide bonds. The Kier molecular flexibility index (Phi) is 6.36. The second kappa shape index (κ2) is 9.18. The van der Waals surface area contributed by atoms with E-state index in [9.17, 15) is 4.79 Å². The van der Waals surface area contributed by atoms with Gasteiger partial charge < -0.3 is 10.1 Å². The summed E-state index contributed by atoms with van der Waals surface area (Å²) in [7, 11) is 0. The molecule has 0 atom stereocenters. The number of ether oxygens (including phenoxy) is 1. The smallest absolute Gasteiger partial charge is 0.142 e. The van der Waals surface area contributed by atoms with Crippen molar-refractivity contribution in [3.05, 3.63) is 70.1 Å². The Morgan fingerprint density at radius 3 is 2.84 bits per heavy atom. The van der Waals surface area contributed by atoms with Crippen LogP contribution in [0.3, 0.4) is 0 Å². The first kappa shape index (κ1) is 21.5. The van der Waals surface area contributed by atoms with E-state index in [1.54, 1.807) is 23.9 Å². The van der Waals surface area contributed by atoms with Gasteiger partial charge in [0.2, 0.25) is 0 Å². The highest BCUT2D eigenvalue weighted by molar-refractivity contribution is 7.19. The zero-order valence-electron chi connectivity index (χ0n) is 16.3. The molecule has 1 aromatic carbocycles. The lowest BCUT2D eigenvalue weighted by Gasteiger charge is -2.13. The molecule has 0 spiro atoms. The van der Waals surface area contributed by atoms with E-state index in [1.165, 1.54) is 5.56 Å². The van der Waals surface area contributed by atoms with Gasteiger partial charge in [-0.25, -0.2) is 9.97 Å². The predicted octanol–water partition coefficient (Wildman–Crippen LogP) is 5.54.